The van der Waals surface area contributed by atoms with E-state index in [4.69, 9.17) is 4.52 Å². The molecule has 66 valence electrons. The molecule has 0 unspecified atom stereocenters. The predicted molar refractivity (Wildman–Crippen MR) is 47.8 cm³/mol. The highest BCUT2D eigenvalue weighted by Crippen LogP contribution is 2.00. The second kappa shape index (κ2) is 4.72. The van der Waals surface area contributed by atoms with Gasteiger partial charge in [0.15, 0.2) is 5.76 Å². The van der Waals surface area contributed by atoms with Crippen LogP contribution in [-0.4, -0.2) is 11.7 Å². The van der Waals surface area contributed by atoms with Gasteiger partial charge in [0.1, 0.15) is 0 Å². The van der Waals surface area contributed by atoms with Crippen LogP contribution in [0.15, 0.2) is 22.7 Å². The van der Waals surface area contributed by atoms with Gasteiger partial charge in [0.25, 0.3) is 0 Å². The quantitative estimate of drug-likeness (QED) is 0.546. The van der Waals surface area contributed by atoms with Crippen molar-refractivity contribution < 1.29 is 4.52 Å². The summed E-state index contributed by atoms with van der Waals surface area (Å²) in [5.41, 5.74) is 0.929. The Kier molecular flexibility index (Phi) is 3.54. The van der Waals surface area contributed by atoms with E-state index >= 15 is 0 Å². The number of aryl methyl sites for hydroxylation is 1. The third-order valence-corrected chi connectivity index (χ3v) is 1.47. The van der Waals surface area contributed by atoms with Gasteiger partial charge in [-0.15, -0.1) is 0 Å². The maximum absolute atomic E-state index is 5.01. The summed E-state index contributed by atoms with van der Waals surface area (Å²) >= 11 is 0. The lowest BCUT2D eigenvalue weighted by Crippen LogP contribution is -2.11. The monoisotopic (exact) mass is 166 g/mol. The van der Waals surface area contributed by atoms with E-state index in [1.54, 1.807) is 0 Å². The first kappa shape index (κ1) is 9.00. The molecule has 0 aliphatic carbocycles. The summed E-state index contributed by atoms with van der Waals surface area (Å²) in [5.74, 6) is 0.886. The van der Waals surface area contributed by atoms with Gasteiger partial charge < -0.3 is 9.84 Å². The second-order valence-electron chi connectivity index (χ2n) is 2.63. The van der Waals surface area contributed by atoms with Crippen molar-refractivity contribution in [2.24, 2.45) is 0 Å². The van der Waals surface area contributed by atoms with Crippen molar-refractivity contribution in [1.29, 1.82) is 0 Å². The molecule has 3 heteroatoms. The van der Waals surface area contributed by atoms with Gasteiger partial charge >= 0.3 is 0 Å². The number of nitrogens with one attached hydrogen (secondary N) is 1. The first-order valence-corrected chi connectivity index (χ1v) is 4.07. The smallest absolute Gasteiger partial charge is 0.150 e. The number of aromatic nitrogens is 1. The molecule has 0 atom stereocenters. The lowest BCUT2D eigenvalue weighted by molar-refractivity contribution is 0.372. The van der Waals surface area contributed by atoms with Crippen LogP contribution in [-0.2, 0) is 6.54 Å². The first-order chi connectivity index (χ1) is 5.83. The van der Waals surface area contributed by atoms with Crippen LogP contribution in [0, 0.1) is 6.92 Å². The van der Waals surface area contributed by atoms with Crippen LogP contribution in [0.4, 0.5) is 0 Å². The average molecular weight is 166 g/mol. The van der Waals surface area contributed by atoms with Crippen LogP contribution in [0.5, 0.6) is 0 Å². The summed E-state index contributed by atoms with van der Waals surface area (Å²) in [6.45, 7) is 5.53. The lowest BCUT2D eigenvalue weighted by atomic mass is 10.4. The van der Waals surface area contributed by atoms with E-state index in [0.717, 1.165) is 24.5 Å². The molecule has 1 aromatic heterocycles. The summed E-state index contributed by atoms with van der Waals surface area (Å²) in [6.07, 6.45) is 4.07. The van der Waals surface area contributed by atoms with E-state index in [9.17, 15) is 0 Å². The highest BCUT2D eigenvalue weighted by molar-refractivity contribution is 5.02. The van der Waals surface area contributed by atoms with Crippen molar-refractivity contribution in [1.82, 2.24) is 10.5 Å². The maximum Gasteiger partial charge on any atom is 0.150 e. The molecule has 0 bridgehead atoms. The molecule has 1 rings (SSSR count). The molecule has 1 N–H and O–H groups in total. The first-order valence-electron chi connectivity index (χ1n) is 4.07. The fourth-order valence-electron chi connectivity index (χ4n) is 0.896. The van der Waals surface area contributed by atoms with Gasteiger partial charge in [-0.05, 0) is 13.8 Å². The number of rotatable bonds is 4. The average Bonchev–Trinajstić information content (AvgIpc) is 2.45. The van der Waals surface area contributed by atoms with Crippen LogP contribution in [0.1, 0.15) is 18.4 Å². The zero-order chi connectivity index (χ0) is 8.81. The number of hydrogen-bond donors (Lipinski definition) is 1. The Labute approximate surface area is 72.4 Å². The minimum absolute atomic E-state index is 0.741. The minimum atomic E-state index is 0.741. The molecular weight excluding hydrogens is 152 g/mol. The zero-order valence-corrected chi connectivity index (χ0v) is 7.50. The Morgan fingerprint density at radius 1 is 1.67 bits per heavy atom. The van der Waals surface area contributed by atoms with Gasteiger partial charge in [-0.2, -0.15) is 0 Å². The van der Waals surface area contributed by atoms with Crippen molar-refractivity contribution in [3.63, 3.8) is 0 Å². The van der Waals surface area contributed by atoms with E-state index < -0.39 is 0 Å². The molecule has 0 aliphatic heterocycles. The Hall–Kier alpha value is -1.09. The third-order valence-electron chi connectivity index (χ3n) is 1.47. The van der Waals surface area contributed by atoms with Gasteiger partial charge in [-0.1, -0.05) is 17.3 Å². The molecular formula is C9H14N2O. The SMILES string of the molecule is C/C=C/CNCc1cc(C)no1. The summed E-state index contributed by atoms with van der Waals surface area (Å²) in [5, 5.41) is 6.98. The molecule has 0 saturated carbocycles. The van der Waals surface area contributed by atoms with Gasteiger partial charge in [0, 0.05) is 12.6 Å². The molecule has 1 aromatic rings. The maximum atomic E-state index is 5.01. The summed E-state index contributed by atoms with van der Waals surface area (Å²) in [7, 11) is 0. The summed E-state index contributed by atoms with van der Waals surface area (Å²) < 4.78 is 5.01. The Bertz CT molecular complexity index is 253. The van der Waals surface area contributed by atoms with Gasteiger partial charge in [-0.3, -0.25) is 0 Å². The predicted octanol–water partition coefficient (Wildman–Crippen LogP) is 1.65. The van der Waals surface area contributed by atoms with Crippen LogP contribution >= 0.6 is 0 Å². The van der Waals surface area contributed by atoms with E-state index in [0.29, 0.717) is 0 Å². The summed E-state index contributed by atoms with van der Waals surface area (Å²) in [4.78, 5) is 0. The molecule has 0 amide bonds. The van der Waals surface area contributed by atoms with Gasteiger partial charge in [-0.25, -0.2) is 0 Å². The van der Waals surface area contributed by atoms with Crippen LogP contribution in [0.25, 0.3) is 0 Å². The Morgan fingerprint density at radius 3 is 3.08 bits per heavy atom. The second-order valence-corrected chi connectivity index (χ2v) is 2.63. The van der Waals surface area contributed by atoms with Gasteiger partial charge in [0.2, 0.25) is 0 Å². The Balaban J connectivity index is 2.24. The largest absolute Gasteiger partial charge is 0.360 e. The van der Waals surface area contributed by atoms with Crippen molar-refractivity contribution in [3.8, 4) is 0 Å². The molecule has 1 heterocycles. The van der Waals surface area contributed by atoms with Crippen LogP contribution in [0.2, 0.25) is 0 Å². The van der Waals surface area contributed by atoms with E-state index in [1.807, 2.05) is 26.0 Å². The fourth-order valence-corrected chi connectivity index (χ4v) is 0.896. The molecule has 0 spiro atoms. The molecule has 0 aromatic carbocycles. The normalized spacial score (nSPS) is 11.2. The molecule has 3 nitrogen and oxygen atoms in total. The van der Waals surface area contributed by atoms with Gasteiger partial charge in [0.05, 0.1) is 12.2 Å². The topological polar surface area (TPSA) is 38.1 Å². The molecule has 0 radical (unpaired) electrons. The number of hydrogen-bond acceptors (Lipinski definition) is 3. The lowest BCUT2D eigenvalue weighted by Gasteiger charge is -1.94. The Morgan fingerprint density at radius 2 is 2.50 bits per heavy atom. The number of allylic oxidation sites excluding steroid dienone is 1. The van der Waals surface area contributed by atoms with E-state index in [1.165, 1.54) is 0 Å². The molecule has 0 fully saturated rings. The third kappa shape index (κ3) is 2.88. The fraction of sp³-hybridized carbons (Fsp3) is 0.444. The van der Waals surface area contributed by atoms with Crippen LogP contribution in [0.3, 0.4) is 0 Å². The van der Waals surface area contributed by atoms with E-state index in [-0.39, 0.29) is 0 Å². The minimum Gasteiger partial charge on any atom is -0.360 e. The standard InChI is InChI=1S/C9H14N2O/c1-3-4-5-10-7-9-6-8(2)11-12-9/h3-4,6,10H,5,7H2,1-2H3/b4-3+. The van der Waals surface area contributed by atoms with Crippen molar-refractivity contribution in [3.05, 3.63) is 29.7 Å². The molecule has 12 heavy (non-hydrogen) atoms. The van der Waals surface area contributed by atoms with E-state index in [2.05, 4.69) is 16.5 Å². The molecule has 0 aliphatic rings. The molecule has 0 saturated heterocycles. The highest BCUT2D eigenvalue weighted by Gasteiger charge is 1.97. The van der Waals surface area contributed by atoms with Crippen molar-refractivity contribution in [2.45, 2.75) is 20.4 Å². The summed E-state index contributed by atoms with van der Waals surface area (Å²) in [6, 6.07) is 1.93. The van der Waals surface area contributed by atoms with Crippen molar-refractivity contribution in [2.75, 3.05) is 6.54 Å². The zero-order valence-electron chi connectivity index (χ0n) is 7.50. The highest BCUT2D eigenvalue weighted by atomic mass is 16.5. The van der Waals surface area contributed by atoms with Crippen LogP contribution < -0.4 is 5.32 Å². The number of nitrogens with zero attached hydrogens (tertiary/aromatic N) is 1. The van der Waals surface area contributed by atoms with Crippen molar-refractivity contribution >= 4 is 0 Å².